The summed E-state index contributed by atoms with van der Waals surface area (Å²) in [5, 5.41) is 16.7. The standard InChI is InChI=1S/C37H38F3N5O3/c1-23(2)42-15-18-47-26-11-12-32-29(20-26)30(19-24(3)43-32)35(46)45-16-13-36(14-17-45,37(38,39)40)48-34-10-5-4-8-27(34)33-21-28-25(22-41)7-6-9-31(28)44-33/h4-12,20-21,23,30,42-44H,3,13-19H2,1-2H3/t30-/m0/s1. The number of H-pyrrole nitrogens is 1. The number of aromatic amines is 1. The zero-order chi connectivity index (χ0) is 34.1. The SMILES string of the molecule is C=C1C[C@H](C(=O)N2CCC(Oc3ccccc3-c3cc4c(C#N)cccc4[nH]3)(C(F)(F)F)CC2)c2cc(OCCNC(C)C)ccc2N1. The van der Waals surface area contributed by atoms with Crippen molar-refractivity contribution in [2.75, 3.05) is 31.6 Å². The molecule has 250 valence electrons. The van der Waals surface area contributed by atoms with Gasteiger partial charge in [0.25, 0.3) is 0 Å². The number of halogens is 3. The van der Waals surface area contributed by atoms with Gasteiger partial charge in [-0.1, -0.05) is 38.6 Å². The molecule has 0 radical (unpaired) electrons. The Hall–Kier alpha value is -4.95. The number of anilines is 1. The monoisotopic (exact) mass is 657 g/mol. The lowest BCUT2D eigenvalue weighted by atomic mass is 9.85. The molecule has 2 aliphatic heterocycles. The van der Waals surface area contributed by atoms with Crippen molar-refractivity contribution in [2.24, 2.45) is 0 Å². The van der Waals surface area contributed by atoms with E-state index in [9.17, 15) is 23.2 Å². The number of likely N-dealkylation sites (tertiary alicyclic amines) is 1. The molecule has 4 aromatic rings. The van der Waals surface area contributed by atoms with Gasteiger partial charge in [-0.3, -0.25) is 4.79 Å². The summed E-state index contributed by atoms with van der Waals surface area (Å²) in [4.78, 5) is 18.7. The van der Waals surface area contributed by atoms with E-state index in [4.69, 9.17) is 9.47 Å². The Balaban J connectivity index is 1.21. The molecule has 1 aromatic heterocycles. The second-order valence-corrected chi connectivity index (χ2v) is 12.7. The van der Waals surface area contributed by atoms with E-state index < -0.39 is 30.5 Å². The summed E-state index contributed by atoms with van der Waals surface area (Å²) < 4.78 is 56.7. The molecule has 0 unspecified atom stereocenters. The lowest BCUT2D eigenvalue weighted by molar-refractivity contribution is -0.260. The van der Waals surface area contributed by atoms with Gasteiger partial charge >= 0.3 is 6.18 Å². The van der Waals surface area contributed by atoms with Crippen molar-refractivity contribution in [3.8, 4) is 28.8 Å². The predicted molar refractivity (Wildman–Crippen MR) is 179 cm³/mol. The highest BCUT2D eigenvalue weighted by atomic mass is 19.4. The van der Waals surface area contributed by atoms with Crippen LogP contribution in [0.25, 0.3) is 22.2 Å². The first-order valence-electron chi connectivity index (χ1n) is 16.1. The van der Waals surface area contributed by atoms with Gasteiger partial charge in [-0.05, 0) is 54.1 Å². The van der Waals surface area contributed by atoms with E-state index in [1.54, 1.807) is 36.4 Å². The number of nitrogens with one attached hydrogen (secondary N) is 3. The molecule has 1 saturated heterocycles. The third kappa shape index (κ3) is 6.58. The van der Waals surface area contributed by atoms with E-state index in [1.807, 2.05) is 24.3 Å². The number of fused-ring (bicyclic) bond motifs is 2. The smallest absolute Gasteiger partial charge is 0.428 e. The molecule has 1 amide bonds. The molecule has 48 heavy (non-hydrogen) atoms. The summed E-state index contributed by atoms with van der Waals surface area (Å²) >= 11 is 0. The zero-order valence-electron chi connectivity index (χ0n) is 26.9. The average molecular weight is 658 g/mol. The fraction of sp³-hybridized carbons (Fsp3) is 0.351. The fourth-order valence-electron chi connectivity index (χ4n) is 6.51. The number of alkyl halides is 3. The van der Waals surface area contributed by atoms with Crippen LogP contribution in [0.4, 0.5) is 18.9 Å². The van der Waals surface area contributed by atoms with Gasteiger partial charge in [-0.15, -0.1) is 0 Å². The van der Waals surface area contributed by atoms with Gasteiger partial charge in [0, 0.05) is 72.8 Å². The van der Waals surface area contributed by atoms with Gasteiger partial charge in [0.15, 0.2) is 0 Å². The summed E-state index contributed by atoms with van der Waals surface area (Å²) in [7, 11) is 0. The van der Waals surface area contributed by atoms with E-state index in [0.717, 1.165) is 11.3 Å². The number of rotatable bonds is 9. The minimum Gasteiger partial charge on any atom is -0.492 e. The number of amides is 1. The first kappa shape index (κ1) is 33.0. The minimum atomic E-state index is -4.70. The normalized spacial score (nSPS) is 17.5. The van der Waals surface area contributed by atoms with Crippen LogP contribution < -0.4 is 20.1 Å². The van der Waals surface area contributed by atoms with E-state index in [-0.39, 0.29) is 24.7 Å². The van der Waals surface area contributed by atoms with Crippen molar-refractivity contribution in [1.29, 1.82) is 5.26 Å². The van der Waals surface area contributed by atoms with Crippen molar-refractivity contribution < 1.29 is 27.4 Å². The predicted octanol–water partition coefficient (Wildman–Crippen LogP) is 7.50. The average Bonchev–Trinajstić information content (AvgIpc) is 3.51. The summed E-state index contributed by atoms with van der Waals surface area (Å²) in [5.74, 6) is -0.169. The topological polar surface area (TPSA) is 102 Å². The number of carbonyl (C=O) groups is 1. The molecule has 1 fully saturated rings. The van der Waals surface area contributed by atoms with E-state index in [2.05, 4.69) is 42.1 Å². The molecule has 3 N–H and O–H groups in total. The molecule has 6 rings (SSSR count). The number of aromatic nitrogens is 1. The quantitative estimate of drug-likeness (QED) is 0.161. The van der Waals surface area contributed by atoms with Gasteiger partial charge < -0.3 is 30.0 Å². The molecule has 0 saturated carbocycles. The van der Waals surface area contributed by atoms with Crippen molar-refractivity contribution in [1.82, 2.24) is 15.2 Å². The number of nitrogens with zero attached hydrogens (tertiary/aromatic N) is 2. The van der Waals surface area contributed by atoms with Crippen molar-refractivity contribution in [3.63, 3.8) is 0 Å². The highest BCUT2D eigenvalue weighted by molar-refractivity contribution is 5.91. The van der Waals surface area contributed by atoms with Crippen LogP contribution in [-0.2, 0) is 4.79 Å². The molecule has 8 nitrogen and oxygen atoms in total. The zero-order valence-corrected chi connectivity index (χ0v) is 26.9. The van der Waals surface area contributed by atoms with Gasteiger partial charge in [0.1, 0.15) is 18.1 Å². The number of allylic oxidation sites excluding steroid dienone is 1. The van der Waals surface area contributed by atoms with Gasteiger partial charge in [-0.2, -0.15) is 18.4 Å². The number of hydrogen-bond acceptors (Lipinski definition) is 6. The lowest BCUT2D eigenvalue weighted by Crippen LogP contribution is -2.58. The summed E-state index contributed by atoms with van der Waals surface area (Å²) in [5.41, 5.74) is 1.77. The number of nitriles is 1. The van der Waals surface area contributed by atoms with E-state index >= 15 is 0 Å². The molecule has 0 bridgehead atoms. The number of carbonyl (C=O) groups excluding carboxylic acids is 1. The molecule has 2 aliphatic rings. The molecule has 0 aliphatic carbocycles. The molecule has 3 heterocycles. The Morgan fingerprint density at radius 2 is 1.90 bits per heavy atom. The summed E-state index contributed by atoms with van der Waals surface area (Å²) in [6.07, 6.45) is -5.22. The summed E-state index contributed by atoms with van der Waals surface area (Å²) in [6.45, 7) is 9.01. The van der Waals surface area contributed by atoms with E-state index in [0.29, 0.717) is 64.8 Å². The van der Waals surface area contributed by atoms with Crippen LogP contribution in [0, 0.1) is 11.3 Å². The number of para-hydroxylation sites is 1. The largest absolute Gasteiger partial charge is 0.492 e. The Bertz CT molecular complexity index is 1870. The number of hydrogen-bond donors (Lipinski definition) is 3. The molecular formula is C37H38F3N5O3. The van der Waals surface area contributed by atoms with Gasteiger partial charge in [0.2, 0.25) is 11.5 Å². The molecule has 11 heteroatoms. The van der Waals surface area contributed by atoms with Crippen LogP contribution in [0.3, 0.4) is 0 Å². The van der Waals surface area contributed by atoms with E-state index in [1.165, 1.54) is 11.0 Å². The third-order valence-electron chi connectivity index (χ3n) is 9.05. The van der Waals surface area contributed by atoms with Crippen LogP contribution in [0.2, 0.25) is 0 Å². The Kier molecular flexibility index (Phi) is 9.12. The third-order valence-corrected chi connectivity index (χ3v) is 9.05. The maximum atomic E-state index is 14.9. The van der Waals surface area contributed by atoms with Crippen molar-refractivity contribution in [3.05, 3.63) is 90.1 Å². The fourth-order valence-corrected chi connectivity index (χ4v) is 6.51. The van der Waals surface area contributed by atoms with Crippen LogP contribution in [0.15, 0.2) is 79.0 Å². The highest BCUT2D eigenvalue weighted by Gasteiger charge is 2.59. The number of benzene rings is 3. The Morgan fingerprint density at radius 1 is 1.12 bits per heavy atom. The summed E-state index contributed by atoms with van der Waals surface area (Å²) in [6, 6.07) is 21.5. The maximum Gasteiger partial charge on any atom is 0.428 e. The molecule has 0 spiro atoms. The maximum absolute atomic E-state index is 14.9. The highest BCUT2D eigenvalue weighted by Crippen LogP contribution is 2.46. The second-order valence-electron chi connectivity index (χ2n) is 12.7. The van der Waals surface area contributed by atoms with Crippen LogP contribution >= 0.6 is 0 Å². The van der Waals surface area contributed by atoms with Gasteiger partial charge in [0.05, 0.1) is 23.2 Å². The molecule has 1 atom stereocenters. The van der Waals surface area contributed by atoms with Crippen LogP contribution in [0.1, 0.15) is 50.2 Å². The van der Waals surface area contributed by atoms with Crippen molar-refractivity contribution >= 4 is 22.5 Å². The molecular weight excluding hydrogens is 619 g/mol. The Morgan fingerprint density at radius 3 is 2.62 bits per heavy atom. The lowest BCUT2D eigenvalue weighted by Gasteiger charge is -2.44. The van der Waals surface area contributed by atoms with Crippen LogP contribution in [0.5, 0.6) is 11.5 Å². The van der Waals surface area contributed by atoms with Crippen LogP contribution in [-0.4, -0.2) is 59.9 Å². The first-order chi connectivity index (χ1) is 23.0. The van der Waals surface area contributed by atoms with Crippen molar-refractivity contribution in [2.45, 2.75) is 56.8 Å². The number of ether oxygens (including phenoxy) is 2. The second kappa shape index (κ2) is 13.3. The van der Waals surface area contributed by atoms with Gasteiger partial charge in [-0.25, -0.2) is 0 Å². The Labute approximate surface area is 277 Å². The first-order valence-corrected chi connectivity index (χ1v) is 16.1. The molecule has 3 aromatic carbocycles. The number of piperidine rings is 1. The minimum absolute atomic E-state index is 0.0689.